The van der Waals surface area contributed by atoms with Crippen molar-refractivity contribution < 1.29 is 9.21 Å². The third-order valence-corrected chi connectivity index (χ3v) is 3.05. The molecule has 4 nitrogen and oxygen atoms in total. The molecule has 0 saturated heterocycles. The lowest BCUT2D eigenvalue weighted by Crippen LogP contribution is -2.27. The summed E-state index contributed by atoms with van der Waals surface area (Å²) in [5.41, 5.74) is 7.84. The Balaban J connectivity index is 2.19. The summed E-state index contributed by atoms with van der Waals surface area (Å²) < 4.78 is 5.48. The number of furan rings is 1. The second-order valence-electron chi connectivity index (χ2n) is 4.71. The number of nitrogens with zero attached hydrogens (tertiary/aromatic N) is 1. The van der Waals surface area contributed by atoms with Crippen LogP contribution in [0.3, 0.4) is 0 Å². The zero-order valence-electron chi connectivity index (χ0n) is 11.4. The van der Waals surface area contributed by atoms with Gasteiger partial charge in [-0.3, -0.25) is 4.79 Å². The van der Waals surface area contributed by atoms with Gasteiger partial charge in [0.05, 0.1) is 12.1 Å². The van der Waals surface area contributed by atoms with Crippen LogP contribution < -0.4 is 5.73 Å². The number of rotatable bonds is 3. The van der Waals surface area contributed by atoms with E-state index in [-0.39, 0.29) is 5.91 Å². The van der Waals surface area contributed by atoms with E-state index in [0.29, 0.717) is 17.8 Å². The van der Waals surface area contributed by atoms with Crippen LogP contribution in [0.15, 0.2) is 34.7 Å². The predicted octanol–water partition coefficient (Wildman–Crippen LogP) is 2.75. The maximum absolute atomic E-state index is 12.4. The molecule has 4 heteroatoms. The van der Waals surface area contributed by atoms with Crippen LogP contribution in [0.4, 0.5) is 5.69 Å². The normalized spacial score (nSPS) is 10.5. The highest BCUT2D eigenvalue weighted by molar-refractivity contribution is 6.00. The Labute approximate surface area is 112 Å². The van der Waals surface area contributed by atoms with Crippen molar-refractivity contribution in [3.63, 3.8) is 0 Å². The van der Waals surface area contributed by atoms with Crippen LogP contribution in [0.2, 0.25) is 0 Å². The topological polar surface area (TPSA) is 59.5 Å². The highest BCUT2D eigenvalue weighted by atomic mass is 16.3. The van der Waals surface area contributed by atoms with Crippen LogP contribution in [0.1, 0.15) is 27.4 Å². The monoisotopic (exact) mass is 258 g/mol. The average Bonchev–Trinajstić information content (AvgIpc) is 2.74. The van der Waals surface area contributed by atoms with Crippen LogP contribution in [0, 0.1) is 13.8 Å². The van der Waals surface area contributed by atoms with Gasteiger partial charge in [0, 0.05) is 12.7 Å². The third kappa shape index (κ3) is 2.78. The minimum atomic E-state index is -0.0929. The van der Waals surface area contributed by atoms with Crippen LogP contribution in [0.25, 0.3) is 0 Å². The van der Waals surface area contributed by atoms with Crippen LogP contribution in [0.5, 0.6) is 0 Å². The largest absolute Gasteiger partial charge is 0.464 e. The number of aryl methyl sites for hydroxylation is 2. The molecule has 0 radical (unpaired) electrons. The van der Waals surface area contributed by atoms with Gasteiger partial charge in [-0.1, -0.05) is 12.1 Å². The standard InChI is InChI=1S/C15H18N2O2/c1-10-5-4-6-13(16)14(10)15(18)17(3)9-12-8-7-11(2)19-12/h4-8H,9,16H2,1-3H3. The van der Waals surface area contributed by atoms with E-state index in [1.807, 2.05) is 38.1 Å². The summed E-state index contributed by atoms with van der Waals surface area (Å²) >= 11 is 0. The summed E-state index contributed by atoms with van der Waals surface area (Å²) in [5, 5.41) is 0. The first kappa shape index (κ1) is 13.2. The summed E-state index contributed by atoms with van der Waals surface area (Å²) in [7, 11) is 1.74. The second kappa shape index (κ2) is 5.18. The third-order valence-electron chi connectivity index (χ3n) is 3.05. The van der Waals surface area contributed by atoms with E-state index in [0.717, 1.165) is 17.1 Å². The number of hydrogen-bond donors (Lipinski definition) is 1. The van der Waals surface area contributed by atoms with Crippen molar-refractivity contribution >= 4 is 11.6 Å². The highest BCUT2D eigenvalue weighted by Gasteiger charge is 2.17. The Morgan fingerprint density at radius 2 is 2.00 bits per heavy atom. The Hall–Kier alpha value is -2.23. The van der Waals surface area contributed by atoms with Gasteiger partial charge < -0.3 is 15.1 Å². The second-order valence-corrected chi connectivity index (χ2v) is 4.71. The lowest BCUT2D eigenvalue weighted by Gasteiger charge is -2.18. The van der Waals surface area contributed by atoms with Crippen molar-refractivity contribution in [2.24, 2.45) is 0 Å². The van der Waals surface area contributed by atoms with Gasteiger partial charge in [-0.15, -0.1) is 0 Å². The van der Waals surface area contributed by atoms with Crippen molar-refractivity contribution in [2.45, 2.75) is 20.4 Å². The summed E-state index contributed by atoms with van der Waals surface area (Å²) in [4.78, 5) is 14.0. The number of benzene rings is 1. The van der Waals surface area contributed by atoms with Crippen molar-refractivity contribution in [3.05, 3.63) is 53.0 Å². The summed E-state index contributed by atoms with van der Waals surface area (Å²) in [5.74, 6) is 1.51. The molecular weight excluding hydrogens is 240 g/mol. The van der Waals surface area contributed by atoms with Gasteiger partial charge in [-0.05, 0) is 37.6 Å². The number of carbonyl (C=O) groups is 1. The molecule has 0 aliphatic carbocycles. The predicted molar refractivity (Wildman–Crippen MR) is 74.8 cm³/mol. The summed E-state index contributed by atoms with van der Waals surface area (Å²) in [6.45, 7) is 4.19. The smallest absolute Gasteiger partial charge is 0.256 e. The van der Waals surface area contributed by atoms with Crippen LogP contribution in [-0.4, -0.2) is 17.9 Å². The van der Waals surface area contributed by atoms with Gasteiger partial charge in [0.1, 0.15) is 11.5 Å². The quantitative estimate of drug-likeness (QED) is 0.861. The summed E-state index contributed by atoms with van der Waals surface area (Å²) in [6, 6.07) is 9.23. The van der Waals surface area contributed by atoms with Crippen molar-refractivity contribution in [2.75, 3.05) is 12.8 Å². The van der Waals surface area contributed by atoms with Crippen molar-refractivity contribution in [1.82, 2.24) is 4.90 Å². The van der Waals surface area contributed by atoms with E-state index >= 15 is 0 Å². The molecule has 1 aromatic heterocycles. The molecule has 19 heavy (non-hydrogen) atoms. The van der Waals surface area contributed by atoms with Gasteiger partial charge >= 0.3 is 0 Å². The number of nitrogens with two attached hydrogens (primary N) is 1. The molecule has 1 amide bonds. The Morgan fingerprint density at radius 3 is 2.58 bits per heavy atom. The molecule has 2 N–H and O–H groups in total. The molecule has 1 heterocycles. The molecule has 100 valence electrons. The minimum absolute atomic E-state index is 0.0929. The molecule has 0 atom stereocenters. The first-order valence-corrected chi connectivity index (χ1v) is 6.15. The average molecular weight is 258 g/mol. The molecule has 2 aromatic rings. The number of amides is 1. The van der Waals surface area contributed by atoms with Gasteiger partial charge in [0.2, 0.25) is 0 Å². The Bertz CT molecular complexity index is 582. The summed E-state index contributed by atoms with van der Waals surface area (Å²) in [6.07, 6.45) is 0. The maximum atomic E-state index is 12.4. The molecule has 0 saturated carbocycles. The molecule has 0 aliphatic rings. The fourth-order valence-corrected chi connectivity index (χ4v) is 2.05. The Morgan fingerprint density at radius 1 is 1.26 bits per heavy atom. The van der Waals surface area contributed by atoms with Crippen molar-refractivity contribution in [1.29, 1.82) is 0 Å². The zero-order valence-corrected chi connectivity index (χ0v) is 11.4. The van der Waals surface area contributed by atoms with E-state index in [2.05, 4.69) is 0 Å². The molecule has 0 bridgehead atoms. The number of nitrogen functional groups attached to an aromatic ring is 1. The van der Waals surface area contributed by atoms with Crippen LogP contribution in [-0.2, 0) is 6.54 Å². The maximum Gasteiger partial charge on any atom is 0.256 e. The van der Waals surface area contributed by atoms with Crippen LogP contribution >= 0.6 is 0 Å². The molecule has 0 aliphatic heterocycles. The number of anilines is 1. The lowest BCUT2D eigenvalue weighted by molar-refractivity contribution is 0.0775. The van der Waals surface area contributed by atoms with Gasteiger partial charge in [0.25, 0.3) is 5.91 Å². The SMILES string of the molecule is Cc1ccc(CN(C)C(=O)c2c(C)cccc2N)o1. The molecule has 0 spiro atoms. The van der Waals surface area contributed by atoms with E-state index in [1.54, 1.807) is 18.0 Å². The fraction of sp³-hybridized carbons (Fsp3) is 0.267. The molecule has 0 fully saturated rings. The first-order chi connectivity index (χ1) is 8.99. The first-order valence-electron chi connectivity index (χ1n) is 6.15. The van der Waals surface area contributed by atoms with Gasteiger partial charge in [-0.25, -0.2) is 0 Å². The van der Waals surface area contributed by atoms with E-state index in [1.165, 1.54) is 0 Å². The van der Waals surface area contributed by atoms with E-state index in [9.17, 15) is 4.79 Å². The lowest BCUT2D eigenvalue weighted by atomic mass is 10.1. The molecule has 2 rings (SSSR count). The Kier molecular flexibility index (Phi) is 3.60. The number of carbonyl (C=O) groups excluding carboxylic acids is 1. The minimum Gasteiger partial charge on any atom is -0.464 e. The molecule has 1 aromatic carbocycles. The highest BCUT2D eigenvalue weighted by Crippen LogP contribution is 2.19. The van der Waals surface area contributed by atoms with Gasteiger partial charge in [-0.2, -0.15) is 0 Å². The van der Waals surface area contributed by atoms with E-state index in [4.69, 9.17) is 10.2 Å². The number of hydrogen-bond acceptors (Lipinski definition) is 3. The zero-order chi connectivity index (χ0) is 14.0. The molecule has 0 unspecified atom stereocenters. The van der Waals surface area contributed by atoms with E-state index < -0.39 is 0 Å². The van der Waals surface area contributed by atoms with Gasteiger partial charge in [0.15, 0.2) is 0 Å². The molecular formula is C15H18N2O2. The fourth-order valence-electron chi connectivity index (χ4n) is 2.05. The van der Waals surface area contributed by atoms with Crippen molar-refractivity contribution in [3.8, 4) is 0 Å².